The Morgan fingerprint density at radius 1 is 1.54 bits per heavy atom. The van der Waals surface area contributed by atoms with Crippen molar-refractivity contribution in [1.82, 2.24) is 0 Å². The molecule has 74 valence electrons. The van der Waals surface area contributed by atoms with Crippen LogP contribution in [-0.4, -0.2) is 0 Å². The lowest BCUT2D eigenvalue weighted by atomic mass is 10.1. The lowest BCUT2D eigenvalue weighted by Gasteiger charge is -2.09. The highest BCUT2D eigenvalue weighted by Gasteiger charge is 2.10. The minimum absolute atomic E-state index is 0.223. The summed E-state index contributed by atoms with van der Waals surface area (Å²) in [5.41, 5.74) is 6.06. The summed E-state index contributed by atoms with van der Waals surface area (Å²) in [5.74, 6) is 0. The molecule has 1 aromatic rings. The number of unbranched alkanes of at least 4 members (excludes halogenated alkanes) is 2. The molecule has 2 N–H and O–H groups in total. The fourth-order valence-corrected chi connectivity index (χ4v) is 3.02. The van der Waals surface area contributed by atoms with Gasteiger partial charge in [-0.15, -0.1) is 11.3 Å². The van der Waals surface area contributed by atoms with E-state index < -0.39 is 0 Å². The second kappa shape index (κ2) is 5.78. The summed E-state index contributed by atoms with van der Waals surface area (Å²) in [6.07, 6.45) is 4.89. The van der Waals surface area contributed by atoms with E-state index in [9.17, 15) is 0 Å². The molecule has 1 aromatic heterocycles. The first-order valence-corrected chi connectivity index (χ1v) is 6.41. The first-order valence-electron chi connectivity index (χ1n) is 4.74. The molecule has 0 saturated carbocycles. The summed E-state index contributed by atoms with van der Waals surface area (Å²) in [7, 11) is 0. The van der Waals surface area contributed by atoms with E-state index >= 15 is 0 Å². The molecule has 0 aliphatic heterocycles. The summed E-state index contributed by atoms with van der Waals surface area (Å²) in [5, 5.41) is 2.08. The fourth-order valence-electron chi connectivity index (χ4n) is 1.32. The van der Waals surface area contributed by atoms with E-state index in [2.05, 4.69) is 34.3 Å². The van der Waals surface area contributed by atoms with Crippen LogP contribution in [0.15, 0.2) is 15.9 Å². The van der Waals surface area contributed by atoms with Gasteiger partial charge in [-0.3, -0.25) is 0 Å². The Kier molecular flexibility index (Phi) is 4.99. The van der Waals surface area contributed by atoms with E-state index in [4.69, 9.17) is 5.73 Å². The van der Waals surface area contributed by atoms with Crippen molar-refractivity contribution in [3.8, 4) is 0 Å². The summed E-state index contributed by atoms with van der Waals surface area (Å²) in [6, 6.07) is 2.29. The van der Waals surface area contributed by atoms with Crippen molar-refractivity contribution in [3.05, 3.63) is 20.8 Å². The Morgan fingerprint density at radius 3 is 2.85 bits per heavy atom. The number of thiophene rings is 1. The van der Waals surface area contributed by atoms with Crippen LogP contribution in [0.3, 0.4) is 0 Å². The van der Waals surface area contributed by atoms with E-state index in [1.807, 2.05) is 0 Å². The minimum Gasteiger partial charge on any atom is -0.323 e. The van der Waals surface area contributed by atoms with E-state index in [1.54, 1.807) is 11.3 Å². The van der Waals surface area contributed by atoms with E-state index in [0.29, 0.717) is 0 Å². The van der Waals surface area contributed by atoms with Crippen LogP contribution in [0.4, 0.5) is 0 Å². The largest absolute Gasteiger partial charge is 0.323 e. The zero-order chi connectivity index (χ0) is 9.68. The fraction of sp³-hybridized carbons (Fsp3) is 0.600. The number of nitrogens with two attached hydrogens (primary N) is 1. The Balaban J connectivity index is 2.39. The predicted octanol–water partition coefficient (Wildman–Crippen LogP) is 4.09. The van der Waals surface area contributed by atoms with Gasteiger partial charge in [0.05, 0.1) is 0 Å². The highest BCUT2D eigenvalue weighted by Crippen LogP contribution is 2.30. The van der Waals surface area contributed by atoms with Crippen LogP contribution < -0.4 is 5.73 Å². The van der Waals surface area contributed by atoms with Crippen LogP contribution >= 0.6 is 27.3 Å². The molecule has 0 spiro atoms. The lowest BCUT2D eigenvalue weighted by molar-refractivity contribution is 0.586. The van der Waals surface area contributed by atoms with Gasteiger partial charge in [-0.05, 0) is 33.8 Å². The third kappa shape index (κ3) is 3.41. The maximum absolute atomic E-state index is 6.06. The van der Waals surface area contributed by atoms with Crippen molar-refractivity contribution >= 4 is 27.3 Å². The van der Waals surface area contributed by atoms with Gasteiger partial charge in [0.15, 0.2) is 0 Å². The van der Waals surface area contributed by atoms with Gasteiger partial charge < -0.3 is 5.73 Å². The zero-order valence-corrected chi connectivity index (χ0v) is 10.3. The molecule has 0 aliphatic rings. The van der Waals surface area contributed by atoms with Crippen LogP contribution in [0.1, 0.15) is 43.5 Å². The SMILES string of the molecule is CCCCCC(N)c1sccc1Br. The van der Waals surface area contributed by atoms with Gasteiger partial charge in [0.1, 0.15) is 0 Å². The molecule has 0 radical (unpaired) electrons. The molecule has 0 bridgehead atoms. The normalized spacial score (nSPS) is 13.2. The van der Waals surface area contributed by atoms with Crippen LogP contribution in [-0.2, 0) is 0 Å². The average molecular weight is 262 g/mol. The standard InChI is InChI=1S/C10H16BrNS/c1-2-3-4-5-9(12)10-8(11)6-7-13-10/h6-7,9H,2-5,12H2,1H3. The molecule has 0 fully saturated rings. The molecule has 0 aromatic carbocycles. The Labute approximate surface area is 92.5 Å². The van der Waals surface area contributed by atoms with E-state index in [0.717, 1.165) is 6.42 Å². The van der Waals surface area contributed by atoms with Gasteiger partial charge in [-0.2, -0.15) is 0 Å². The van der Waals surface area contributed by atoms with Gasteiger partial charge in [-0.25, -0.2) is 0 Å². The van der Waals surface area contributed by atoms with Crippen molar-refractivity contribution < 1.29 is 0 Å². The Hall–Kier alpha value is 0.140. The van der Waals surface area contributed by atoms with Crippen LogP contribution in [0.5, 0.6) is 0 Å². The van der Waals surface area contributed by atoms with Gasteiger partial charge >= 0.3 is 0 Å². The Morgan fingerprint density at radius 2 is 2.31 bits per heavy atom. The van der Waals surface area contributed by atoms with Crippen molar-refractivity contribution in [2.24, 2.45) is 5.73 Å². The minimum atomic E-state index is 0.223. The molecular formula is C10H16BrNS. The van der Waals surface area contributed by atoms with Crippen LogP contribution in [0.2, 0.25) is 0 Å². The number of halogens is 1. The summed E-state index contributed by atoms with van der Waals surface area (Å²) >= 11 is 5.25. The van der Waals surface area contributed by atoms with E-state index in [-0.39, 0.29) is 6.04 Å². The summed E-state index contributed by atoms with van der Waals surface area (Å²) in [4.78, 5) is 1.29. The average Bonchev–Trinajstić information content (AvgIpc) is 2.52. The van der Waals surface area contributed by atoms with Gasteiger partial charge in [-0.1, -0.05) is 26.2 Å². The second-order valence-corrected chi connectivity index (χ2v) is 5.04. The van der Waals surface area contributed by atoms with E-state index in [1.165, 1.54) is 28.6 Å². The monoisotopic (exact) mass is 261 g/mol. The molecule has 3 heteroatoms. The van der Waals surface area contributed by atoms with Crippen LogP contribution in [0.25, 0.3) is 0 Å². The Bertz CT molecular complexity index is 247. The third-order valence-corrected chi connectivity index (χ3v) is 4.10. The second-order valence-electron chi connectivity index (χ2n) is 3.24. The zero-order valence-electron chi connectivity index (χ0n) is 7.92. The molecule has 1 unspecified atom stereocenters. The number of hydrogen-bond donors (Lipinski definition) is 1. The molecule has 0 saturated heterocycles. The maximum atomic E-state index is 6.06. The molecule has 1 rings (SSSR count). The molecule has 1 heterocycles. The molecule has 0 amide bonds. The van der Waals surface area contributed by atoms with Gasteiger partial charge in [0, 0.05) is 15.4 Å². The smallest absolute Gasteiger partial charge is 0.0401 e. The highest BCUT2D eigenvalue weighted by molar-refractivity contribution is 9.10. The lowest BCUT2D eigenvalue weighted by Crippen LogP contribution is -2.08. The van der Waals surface area contributed by atoms with Crippen molar-refractivity contribution in [1.29, 1.82) is 0 Å². The first-order chi connectivity index (χ1) is 6.25. The number of rotatable bonds is 5. The molecule has 13 heavy (non-hydrogen) atoms. The molecule has 1 atom stereocenters. The van der Waals surface area contributed by atoms with Crippen LogP contribution in [0, 0.1) is 0 Å². The molecule has 1 nitrogen and oxygen atoms in total. The molecule has 0 aliphatic carbocycles. The summed E-state index contributed by atoms with van der Waals surface area (Å²) in [6.45, 7) is 2.21. The predicted molar refractivity (Wildman–Crippen MR) is 63.1 cm³/mol. The first kappa shape index (κ1) is 11.2. The van der Waals surface area contributed by atoms with Crippen molar-refractivity contribution in [3.63, 3.8) is 0 Å². The maximum Gasteiger partial charge on any atom is 0.0401 e. The van der Waals surface area contributed by atoms with Crippen molar-refractivity contribution in [2.75, 3.05) is 0 Å². The van der Waals surface area contributed by atoms with Crippen molar-refractivity contribution in [2.45, 2.75) is 38.6 Å². The third-order valence-electron chi connectivity index (χ3n) is 2.10. The summed E-state index contributed by atoms with van der Waals surface area (Å²) < 4.78 is 1.17. The number of hydrogen-bond acceptors (Lipinski definition) is 2. The quantitative estimate of drug-likeness (QED) is 0.794. The highest BCUT2D eigenvalue weighted by atomic mass is 79.9. The van der Waals surface area contributed by atoms with Gasteiger partial charge in [0.25, 0.3) is 0 Å². The topological polar surface area (TPSA) is 26.0 Å². The van der Waals surface area contributed by atoms with Gasteiger partial charge in [0.2, 0.25) is 0 Å². The molecular weight excluding hydrogens is 246 g/mol.